The summed E-state index contributed by atoms with van der Waals surface area (Å²) in [4.78, 5) is 2.32. The van der Waals surface area contributed by atoms with E-state index in [9.17, 15) is 5.11 Å². The molecule has 0 aliphatic carbocycles. The van der Waals surface area contributed by atoms with Gasteiger partial charge in [-0.15, -0.1) is 0 Å². The molecular weight excluding hydrogens is 238 g/mol. The molecule has 4 heteroatoms. The van der Waals surface area contributed by atoms with E-state index < -0.39 is 0 Å². The highest BCUT2D eigenvalue weighted by atomic mass is 35.5. The van der Waals surface area contributed by atoms with Crippen LogP contribution in [0.5, 0.6) is 0 Å². The molecule has 0 saturated carbocycles. The van der Waals surface area contributed by atoms with E-state index in [1.165, 1.54) is 11.3 Å². The molecule has 0 bridgehead atoms. The van der Waals surface area contributed by atoms with E-state index in [1.807, 2.05) is 12.1 Å². The quantitative estimate of drug-likeness (QED) is 0.890. The first-order valence-corrected chi connectivity index (χ1v) is 6.32. The van der Waals surface area contributed by atoms with Crippen molar-refractivity contribution in [3.8, 4) is 0 Å². The third kappa shape index (κ3) is 1.92. The van der Waals surface area contributed by atoms with Crippen molar-refractivity contribution in [2.45, 2.75) is 6.42 Å². The molecule has 0 aromatic heterocycles. The van der Waals surface area contributed by atoms with Gasteiger partial charge in [-0.05, 0) is 24.1 Å². The number of ether oxygens (including phenoxy) is 1. The fraction of sp³-hybridized carbons (Fsp3) is 0.538. The summed E-state index contributed by atoms with van der Waals surface area (Å²) in [7, 11) is 0. The van der Waals surface area contributed by atoms with Gasteiger partial charge in [-0.25, -0.2) is 0 Å². The second-order valence-corrected chi connectivity index (χ2v) is 5.53. The van der Waals surface area contributed by atoms with Crippen LogP contribution in [0, 0.1) is 5.41 Å². The molecule has 3 rings (SSSR count). The summed E-state index contributed by atoms with van der Waals surface area (Å²) in [5, 5.41) is 10.2. The molecule has 1 N–H and O–H groups in total. The van der Waals surface area contributed by atoms with Crippen LogP contribution < -0.4 is 4.90 Å². The normalized spacial score (nSPS) is 21.2. The summed E-state index contributed by atoms with van der Waals surface area (Å²) in [5.74, 6) is 0. The number of aliphatic hydroxyl groups excluding tert-OH is 1. The van der Waals surface area contributed by atoms with Gasteiger partial charge in [-0.2, -0.15) is 0 Å². The van der Waals surface area contributed by atoms with Crippen molar-refractivity contribution < 1.29 is 9.84 Å². The molecule has 0 amide bonds. The maximum atomic E-state index is 9.47. The van der Waals surface area contributed by atoms with Gasteiger partial charge in [0.05, 0.1) is 25.2 Å². The molecule has 2 aliphatic rings. The minimum Gasteiger partial charge on any atom is -0.396 e. The summed E-state index contributed by atoms with van der Waals surface area (Å²) in [6.45, 7) is 3.39. The lowest BCUT2D eigenvalue weighted by Crippen LogP contribution is -2.53. The molecule has 0 radical (unpaired) electrons. The molecule has 17 heavy (non-hydrogen) atoms. The summed E-state index contributed by atoms with van der Waals surface area (Å²) in [5.41, 5.74) is 2.50. The summed E-state index contributed by atoms with van der Waals surface area (Å²) in [6.07, 6.45) is 1.06. The first-order valence-electron chi connectivity index (χ1n) is 5.94. The molecule has 3 nitrogen and oxygen atoms in total. The fourth-order valence-electron chi connectivity index (χ4n) is 2.61. The minimum absolute atomic E-state index is 0.0655. The molecule has 0 atom stereocenters. The van der Waals surface area contributed by atoms with E-state index in [2.05, 4.69) is 11.0 Å². The van der Waals surface area contributed by atoms with E-state index >= 15 is 0 Å². The SMILES string of the molecule is OCC1(CN2CCc3ccc(Cl)cc32)COC1. The fourth-order valence-corrected chi connectivity index (χ4v) is 2.78. The summed E-state index contributed by atoms with van der Waals surface area (Å²) in [6, 6.07) is 6.06. The number of halogens is 1. The highest BCUT2D eigenvalue weighted by Crippen LogP contribution is 2.35. The number of nitrogens with zero attached hydrogens (tertiary/aromatic N) is 1. The van der Waals surface area contributed by atoms with Gasteiger partial charge >= 0.3 is 0 Å². The smallest absolute Gasteiger partial charge is 0.0584 e. The maximum absolute atomic E-state index is 9.47. The average Bonchev–Trinajstić information content (AvgIpc) is 2.66. The first-order chi connectivity index (χ1) is 8.22. The molecule has 92 valence electrons. The second kappa shape index (κ2) is 4.16. The van der Waals surface area contributed by atoms with Gasteiger partial charge in [-0.1, -0.05) is 17.7 Å². The third-order valence-electron chi connectivity index (χ3n) is 3.72. The van der Waals surface area contributed by atoms with Crippen LogP contribution >= 0.6 is 11.6 Å². The Balaban J connectivity index is 1.81. The Labute approximate surface area is 106 Å². The monoisotopic (exact) mass is 253 g/mol. The third-order valence-corrected chi connectivity index (χ3v) is 3.95. The van der Waals surface area contributed by atoms with Gasteiger partial charge in [0, 0.05) is 23.8 Å². The van der Waals surface area contributed by atoms with Gasteiger partial charge in [0.25, 0.3) is 0 Å². The number of hydrogen-bond acceptors (Lipinski definition) is 3. The molecule has 1 aromatic carbocycles. The molecule has 1 saturated heterocycles. The van der Waals surface area contributed by atoms with Crippen molar-refractivity contribution in [1.82, 2.24) is 0 Å². The number of aliphatic hydroxyl groups is 1. The Morgan fingerprint density at radius 3 is 2.88 bits per heavy atom. The van der Waals surface area contributed by atoms with Crippen molar-refractivity contribution in [3.05, 3.63) is 28.8 Å². The Morgan fingerprint density at radius 2 is 2.24 bits per heavy atom. The number of rotatable bonds is 3. The highest BCUT2D eigenvalue weighted by molar-refractivity contribution is 6.30. The van der Waals surface area contributed by atoms with Crippen LogP contribution in [-0.4, -0.2) is 38.0 Å². The van der Waals surface area contributed by atoms with E-state index in [1.54, 1.807) is 0 Å². The lowest BCUT2D eigenvalue weighted by Gasteiger charge is -2.43. The number of fused-ring (bicyclic) bond motifs is 1. The van der Waals surface area contributed by atoms with E-state index in [-0.39, 0.29) is 12.0 Å². The standard InChI is InChI=1S/C13H16ClNO2/c14-11-2-1-10-3-4-15(12(10)5-11)6-13(7-16)8-17-9-13/h1-2,5,16H,3-4,6-9H2. The number of anilines is 1. The molecule has 2 heterocycles. The van der Waals surface area contributed by atoms with Crippen molar-refractivity contribution in [2.75, 3.05) is 37.8 Å². The van der Waals surface area contributed by atoms with Crippen molar-refractivity contribution >= 4 is 17.3 Å². The molecule has 0 unspecified atom stereocenters. The van der Waals surface area contributed by atoms with Crippen LogP contribution in [0.25, 0.3) is 0 Å². The maximum Gasteiger partial charge on any atom is 0.0584 e. The van der Waals surface area contributed by atoms with Crippen molar-refractivity contribution in [1.29, 1.82) is 0 Å². The van der Waals surface area contributed by atoms with Gasteiger partial charge in [-0.3, -0.25) is 0 Å². The molecule has 1 aromatic rings. The van der Waals surface area contributed by atoms with E-state index in [0.717, 1.165) is 24.5 Å². The van der Waals surface area contributed by atoms with Crippen LogP contribution in [-0.2, 0) is 11.2 Å². The van der Waals surface area contributed by atoms with Crippen LogP contribution in [0.4, 0.5) is 5.69 Å². The van der Waals surface area contributed by atoms with Crippen LogP contribution in [0.15, 0.2) is 18.2 Å². The predicted molar refractivity (Wildman–Crippen MR) is 67.7 cm³/mol. The highest BCUT2D eigenvalue weighted by Gasteiger charge is 2.40. The minimum atomic E-state index is -0.0655. The predicted octanol–water partition coefficient (Wildman–Crippen LogP) is 1.71. The molecule has 0 spiro atoms. The molecular formula is C13H16ClNO2. The molecule has 1 fully saturated rings. The lowest BCUT2D eigenvalue weighted by molar-refractivity contribution is -0.130. The van der Waals surface area contributed by atoms with Crippen LogP contribution in [0.3, 0.4) is 0 Å². The summed E-state index contributed by atoms with van der Waals surface area (Å²) >= 11 is 6.04. The summed E-state index contributed by atoms with van der Waals surface area (Å²) < 4.78 is 5.24. The largest absolute Gasteiger partial charge is 0.396 e. The zero-order valence-electron chi connectivity index (χ0n) is 9.66. The van der Waals surface area contributed by atoms with Gasteiger partial charge in [0.15, 0.2) is 0 Å². The Kier molecular flexibility index (Phi) is 2.77. The van der Waals surface area contributed by atoms with E-state index in [0.29, 0.717) is 13.2 Å². The molecule has 2 aliphatic heterocycles. The number of hydrogen-bond donors (Lipinski definition) is 1. The second-order valence-electron chi connectivity index (χ2n) is 5.10. The Morgan fingerprint density at radius 1 is 1.41 bits per heavy atom. The van der Waals surface area contributed by atoms with E-state index in [4.69, 9.17) is 16.3 Å². The van der Waals surface area contributed by atoms with Crippen LogP contribution in [0.2, 0.25) is 5.02 Å². The Hall–Kier alpha value is -0.770. The van der Waals surface area contributed by atoms with Crippen molar-refractivity contribution in [2.24, 2.45) is 5.41 Å². The topological polar surface area (TPSA) is 32.7 Å². The zero-order chi connectivity index (χ0) is 11.9. The average molecular weight is 254 g/mol. The lowest BCUT2D eigenvalue weighted by atomic mass is 9.86. The van der Waals surface area contributed by atoms with Crippen LogP contribution in [0.1, 0.15) is 5.56 Å². The first kappa shape index (κ1) is 11.3. The Bertz CT molecular complexity index is 426. The number of benzene rings is 1. The van der Waals surface area contributed by atoms with Gasteiger partial charge in [0.2, 0.25) is 0 Å². The van der Waals surface area contributed by atoms with Gasteiger partial charge in [0.1, 0.15) is 0 Å². The van der Waals surface area contributed by atoms with Gasteiger partial charge < -0.3 is 14.7 Å². The van der Waals surface area contributed by atoms with Crippen molar-refractivity contribution in [3.63, 3.8) is 0 Å². The zero-order valence-corrected chi connectivity index (χ0v) is 10.4.